The Morgan fingerprint density at radius 1 is 1.46 bits per heavy atom. The molecule has 1 atom stereocenters. The fourth-order valence-corrected chi connectivity index (χ4v) is 1.17. The van der Waals surface area contributed by atoms with Gasteiger partial charge in [0.15, 0.2) is 0 Å². The van der Waals surface area contributed by atoms with E-state index < -0.39 is 12.0 Å². The van der Waals surface area contributed by atoms with Gasteiger partial charge in [-0.05, 0) is 32.3 Å². The summed E-state index contributed by atoms with van der Waals surface area (Å²) in [4.78, 5) is 1.49. The summed E-state index contributed by atoms with van der Waals surface area (Å²) in [5, 5.41) is 9.94. The molecule has 0 heterocycles. The van der Waals surface area contributed by atoms with Crippen molar-refractivity contribution >= 4 is 11.6 Å². The van der Waals surface area contributed by atoms with E-state index in [-0.39, 0.29) is 5.56 Å². The maximum absolute atomic E-state index is 13.1. The molecule has 0 aliphatic carbocycles. The second-order valence-corrected chi connectivity index (χ2v) is 3.44. The molecular weight excluding hydrogens is 193 g/mol. The normalized spacial score (nSPS) is 13.4. The fourth-order valence-electron chi connectivity index (χ4n) is 0.991. The molecule has 0 aliphatic rings. The van der Waals surface area contributed by atoms with Crippen LogP contribution in [0.15, 0.2) is 18.2 Å². The first-order chi connectivity index (χ1) is 6.02. The highest BCUT2D eigenvalue weighted by atomic mass is 35.5. The SMILES string of the molecule is CN(C)C(O)c1cc(Cl)ccc1F. The number of benzene rings is 1. The van der Waals surface area contributed by atoms with E-state index in [1.807, 2.05) is 0 Å². The highest BCUT2D eigenvalue weighted by Gasteiger charge is 2.14. The van der Waals surface area contributed by atoms with Crippen molar-refractivity contribution in [3.05, 3.63) is 34.6 Å². The highest BCUT2D eigenvalue weighted by Crippen LogP contribution is 2.22. The first kappa shape index (κ1) is 10.4. The summed E-state index contributed by atoms with van der Waals surface area (Å²) in [5.74, 6) is -0.453. The van der Waals surface area contributed by atoms with Gasteiger partial charge in [-0.25, -0.2) is 4.39 Å². The molecule has 0 saturated carbocycles. The zero-order valence-electron chi connectivity index (χ0n) is 7.46. The van der Waals surface area contributed by atoms with E-state index >= 15 is 0 Å². The Morgan fingerprint density at radius 3 is 2.62 bits per heavy atom. The molecule has 0 aliphatic heterocycles. The minimum Gasteiger partial charge on any atom is -0.374 e. The number of hydrogen-bond acceptors (Lipinski definition) is 2. The molecule has 1 aromatic carbocycles. The van der Waals surface area contributed by atoms with Gasteiger partial charge in [-0.15, -0.1) is 0 Å². The predicted molar refractivity (Wildman–Crippen MR) is 50.1 cm³/mol. The lowest BCUT2D eigenvalue weighted by atomic mass is 10.2. The van der Waals surface area contributed by atoms with Gasteiger partial charge in [0, 0.05) is 10.6 Å². The maximum atomic E-state index is 13.1. The summed E-state index contributed by atoms with van der Waals surface area (Å²) in [7, 11) is 3.32. The Kier molecular flexibility index (Phi) is 3.25. The van der Waals surface area contributed by atoms with Crippen LogP contribution < -0.4 is 0 Å². The lowest BCUT2D eigenvalue weighted by Gasteiger charge is -2.19. The fraction of sp³-hybridized carbons (Fsp3) is 0.333. The van der Waals surface area contributed by atoms with Crippen LogP contribution in [0.2, 0.25) is 5.02 Å². The van der Waals surface area contributed by atoms with Gasteiger partial charge >= 0.3 is 0 Å². The lowest BCUT2D eigenvalue weighted by molar-refractivity contribution is 0.0365. The molecule has 1 rings (SSSR count). The molecule has 0 bridgehead atoms. The smallest absolute Gasteiger partial charge is 0.135 e. The Labute approximate surface area is 81.5 Å². The Morgan fingerprint density at radius 2 is 2.08 bits per heavy atom. The molecule has 0 radical (unpaired) electrons. The number of hydrogen-bond donors (Lipinski definition) is 1. The van der Waals surface area contributed by atoms with E-state index in [0.717, 1.165) is 0 Å². The van der Waals surface area contributed by atoms with Crippen LogP contribution in [-0.2, 0) is 0 Å². The second-order valence-electron chi connectivity index (χ2n) is 3.00. The van der Waals surface area contributed by atoms with Crippen molar-refractivity contribution in [2.75, 3.05) is 14.1 Å². The standard InChI is InChI=1S/C9H11ClFNO/c1-12(2)9(13)7-5-6(10)3-4-8(7)11/h3-5,9,13H,1-2H3. The molecule has 0 saturated heterocycles. The number of rotatable bonds is 2. The third kappa shape index (κ3) is 2.40. The molecule has 4 heteroatoms. The number of aliphatic hydroxyl groups is 1. The maximum Gasteiger partial charge on any atom is 0.135 e. The van der Waals surface area contributed by atoms with Crippen LogP contribution in [0.4, 0.5) is 4.39 Å². The van der Waals surface area contributed by atoms with Crippen molar-refractivity contribution in [2.45, 2.75) is 6.23 Å². The molecule has 1 N–H and O–H groups in total. The van der Waals surface area contributed by atoms with Gasteiger partial charge in [0.1, 0.15) is 12.0 Å². The first-order valence-corrected chi connectivity index (χ1v) is 4.19. The summed E-state index contributed by atoms with van der Waals surface area (Å²) in [6, 6.07) is 4.11. The van der Waals surface area contributed by atoms with Crippen LogP contribution in [0.1, 0.15) is 11.8 Å². The van der Waals surface area contributed by atoms with Crippen LogP contribution in [0.5, 0.6) is 0 Å². The summed E-state index contributed by atoms with van der Waals surface area (Å²) in [5.41, 5.74) is 0.192. The van der Waals surface area contributed by atoms with E-state index in [9.17, 15) is 9.50 Å². The average molecular weight is 204 g/mol. The number of nitrogens with zero attached hydrogens (tertiary/aromatic N) is 1. The van der Waals surface area contributed by atoms with Gasteiger partial charge in [0.2, 0.25) is 0 Å². The summed E-state index contributed by atoms with van der Waals surface area (Å²) < 4.78 is 13.1. The van der Waals surface area contributed by atoms with Gasteiger partial charge in [-0.1, -0.05) is 11.6 Å². The summed E-state index contributed by atoms with van der Waals surface area (Å²) >= 11 is 5.67. The van der Waals surface area contributed by atoms with Crippen molar-refractivity contribution in [1.29, 1.82) is 0 Å². The van der Waals surface area contributed by atoms with Crippen molar-refractivity contribution in [3.8, 4) is 0 Å². The Bertz CT molecular complexity index is 304. The third-order valence-corrected chi connectivity index (χ3v) is 1.96. The molecule has 72 valence electrons. The topological polar surface area (TPSA) is 23.5 Å². The second kappa shape index (κ2) is 4.05. The minimum absolute atomic E-state index is 0.192. The van der Waals surface area contributed by atoms with E-state index in [4.69, 9.17) is 11.6 Å². The largest absolute Gasteiger partial charge is 0.374 e. The predicted octanol–water partition coefficient (Wildman–Crippen LogP) is 2.03. The van der Waals surface area contributed by atoms with E-state index in [0.29, 0.717) is 5.02 Å². The van der Waals surface area contributed by atoms with Crippen LogP contribution in [-0.4, -0.2) is 24.1 Å². The molecular formula is C9H11ClFNO. The molecule has 0 spiro atoms. The summed E-state index contributed by atoms with van der Waals surface area (Å²) in [6.45, 7) is 0. The molecule has 13 heavy (non-hydrogen) atoms. The first-order valence-electron chi connectivity index (χ1n) is 3.82. The van der Waals surface area contributed by atoms with E-state index in [1.165, 1.54) is 23.1 Å². The average Bonchev–Trinajstić information content (AvgIpc) is 2.08. The van der Waals surface area contributed by atoms with Crippen LogP contribution in [0.3, 0.4) is 0 Å². The lowest BCUT2D eigenvalue weighted by Crippen LogP contribution is -2.20. The molecule has 0 aromatic heterocycles. The van der Waals surface area contributed by atoms with Gasteiger partial charge < -0.3 is 5.11 Å². The Balaban J connectivity index is 3.05. The van der Waals surface area contributed by atoms with Crippen LogP contribution in [0.25, 0.3) is 0 Å². The van der Waals surface area contributed by atoms with Gasteiger partial charge in [-0.3, -0.25) is 4.90 Å². The number of aliphatic hydroxyl groups excluding tert-OH is 1. The van der Waals surface area contributed by atoms with Crippen LogP contribution >= 0.6 is 11.6 Å². The minimum atomic E-state index is -0.960. The monoisotopic (exact) mass is 203 g/mol. The highest BCUT2D eigenvalue weighted by molar-refractivity contribution is 6.30. The van der Waals surface area contributed by atoms with Crippen LogP contribution in [0, 0.1) is 5.82 Å². The third-order valence-electron chi connectivity index (χ3n) is 1.73. The zero-order chi connectivity index (χ0) is 10.0. The molecule has 0 fully saturated rings. The van der Waals surface area contributed by atoms with Gasteiger partial charge in [0.05, 0.1) is 0 Å². The number of halogens is 2. The van der Waals surface area contributed by atoms with E-state index in [1.54, 1.807) is 14.1 Å². The van der Waals surface area contributed by atoms with Crippen molar-refractivity contribution in [1.82, 2.24) is 4.90 Å². The van der Waals surface area contributed by atoms with Crippen molar-refractivity contribution in [3.63, 3.8) is 0 Å². The molecule has 1 aromatic rings. The van der Waals surface area contributed by atoms with Gasteiger partial charge in [-0.2, -0.15) is 0 Å². The Hall–Kier alpha value is -0.640. The van der Waals surface area contributed by atoms with Crippen molar-refractivity contribution in [2.24, 2.45) is 0 Å². The quantitative estimate of drug-likeness (QED) is 0.744. The molecule has 1 unspecified atom stereocenters. The summed E-state index contributed by atoms with van der Waals surface area (Å²) in [6.07, 6.45) is -0.960. The van der Waals surface area contributed by atoms with E-state index in [2.05, 4.69) is 0 Å². The molecule has 0 amide bonds. The molecule has 2 nitrogen and oxygen atoms in total. The van der Waals surface area contributed by atoms with Crippen molar-refractivity contribution < 1.29 is 9.50 Å². The van der Waals surface area contributed by atoms with Gasteiger partial charge in [0.25, 0.3) is 0 Å². The zero-order valence-corrected chi connectivity index (χ0v) is 8.22.